The van der Waals surface area contributed by atoms with Crippen LogP contribution >= 0.6 is 11.9 Å². The van der Waals surface area contributed by atoms with E-state index in [-0.39, 0.29) is 29.9 Å². The maximum atomic E-state index is 13.6. The van der Waals surface area contributed by atoms with Crippen molar-refractivity contribution in [3.05, 3.63) is 24.3 Å². The lowest BCUT2D eigenvalue weighted by Gasteiger charge is -2.31. The quantitative estimate of drug-likeness (QED) is 0.613. The first kappa shape index (κ1) is 22.3. The second-order valence-electron chi connectivity index (χ2n) is 8.85. The van der Waals surface area contributed by atoms with Gasteiger partial charge in [0.2, 0.25) is 5.95 Å². The number of nitrogens with zero attached hydrogens (tertiary/aromatic N) is 5. The molecule has 1 saturated carbocycles. The summed E-state index contributed by atoms with van der Waals surface area (Å²) in [6, 6.07) is 0.119. The van der Waals surface area contributed by atoms with E-state index in [4.69, 9.17) is 0 Å². The van der Waals surface area contributed by atoms with Gasteiger partial charge in [-0.1, -0.05) is 11.9 Å². The molecule has 0 spiro atoms. The van der Waals surface area contributed by atoms with Gasteiger partial charge in [0.15, 0.2) is 0 Å². The Morgan fingerprint density at radius 3 is 2.48 bits per heavy atom. The zero-order chi connectivity index (χ0) is 22.2. The van der Waals surface area contributed by atoms with E-state index in [1.165, 1.54) is 25.4 Å². The second kappa shape index (κ2) is 8.59. The lowest BCUT2D eigenvalue weighted by molar-refractivity contribution is -0.137. The van der Waals surface area contributed by atoms with Gasteiger partial charge >= 0.3 is 6.18 Å². The highest BCUT2D eigenvalue weighted by molar-refractivity contribution is 7.97. The van der Waals surface area contributed by atoms with Gasteiger partial charge in [-0.15, -0.1) is 0 Å². The summed E-state index contributed by atoms with van der Waals surface area (Å²) < 4.78 is 44.6. The fraction of sp³-hybridized carbons (Fsp3) is 0.650. The number of alkyl halides is 3. The normalized spacial score (nSPS) is 19.0. The van der Waals surface area contributed by atoms with Gasteiger partial charge in [-0.05, 0) is 39.5 Å². The molecule has 11 heteroatoms. The summed E-state index contributed by atoms with van der Waals surface area (Å²) in [7, 11) is 0. The first-order valence-electron chi connectivity index (χ1n) is 10.4. The number of aliphatic hydroxyl groups is 1. The van der Waals surface area contributed by atoms with Crippen LogP contribution < -0.4 is 5.32 Å². The predicted octanol–water partition coefficient (Wildman–Crippen LogP) is 3.82. The molecule has 2 aromatic rings. The highest BCUT2D eigenvalue weighted by atomic mass is 32.2. The SMILES string of the molecule is CC(C)(O)Cn1cnc(-c2nc(NC3CCN(SC4CC4)CC3)ncc2C(F)(F)F)c1. The number of anilines is 1. The molecule has 7 nitrogen and oxygen atoms in total. The maximum absolute atomic E-state index is 13.6. The Morgan fingerprint density at radius 2 is 1.87 bits per heavy atom. The Labute approximate surface area is 183 Å². The van der Waals surface area contributed by atoms with E-state index in [1.54, 1.807) is 18.4 Å². The van der Waals surface area contributed by atoms with Crippen molar-refractivity contribution in [3.63, 3.8) is 0 Å². The molecule has 2 N–H and O–H groups in total. The molecule has 0 unspecified atom stereocenters. The molecule has 0 radical (unpaired) electrons. The summed E-state index contributed by atoms with van der Waals surface area (Å²) in [6.45, 7) is 5.32. The van der Waals surface area contributed by atoms with Gasteiger partial charge in [0, 0.05) is 36.8 Å². The molecule has 0 amide bonds. The number of nitrogens with one attached hydrogen (secondary N) is 1. The first-order chi connectivity index (χ1) is 14.6. The first-order valence-corrected chi connectivity index (χ1v) is 11.3. The molecule has 1 aliphatic heterocycles. The van der Waals surface area contributed by atoms with Crippen LogP contribution in [-0.2, 0) is 12.7 Å². The third-order valence-electron chi connectivity index (χ3n) is 5.15. The Kier molecular flexibility index (Phi) is 6.19. The minimum absolute atomic E-state index is 0.0951. The zero-order valence-electron chi connectivity index (χ0n) is 17.6. The second-order valence-corrected chi connectivity index (χ2v) is 10.2. The standard InChI is InChI=1S/C20H27F3N6OS/c1-19(2,30)11-28-10-16(25-12-28)17-15(20(21,22)23)9-24-18(27-17)26-13-5-7-29(8-6-13)31-14-3-4-14/h9-10,12-14,30H,3-8,11H2,1-2H3,(H,24,26,27). The molecule has 170 valence electrons. The van der Waals surface area contributed by atoms with Crippen LogP contribution in [0.5, 0.6) is 0 Å². The van der Waals surface area contributed by atoms with E-state index >= 15 is 0 Å². The summed E-state index contributed by atoms with van der Waals surface area (Å²) in [5, 5.41) is 13.9. The average Bonchev–Trinajstić information content (AvgIpc) is 3.37. The topological polar surface area (TPSA) is 79.1 Å². The minimum atomic E-state index is -4.60. The summed E-state index contributed by atoms with van der Waals surface area (Å²) in [4.78, 5) is 12.2. The summed E-state index contributed by atoms with van der Waals surface area (Å²) in [6.07, 6.45) is 3.44. The monoisotopic (exact) mass is 456 g/mol. The molecule has 4 rings (SSSR count). The van der Waals surface area contributed by atoms with E-state index in [0.29, 0.717) is 0 Å². The van der Waals surface area contributed by atoms with Gasteiger partial charge in [-0.2, -0.15) is 13.2 Å². The van der Waals surface area contributed by atoms with Crippen LogP contribution in [0.15, 0.2) is 18.7 Å². The lowest BCUT2D eigenvalue weighted by atomic mass is 10.1. The fourth-order valence-electron chi connectivity index (χ4n) is 3.54. The van der Waals surface area contributed by atoms with E-state index in [0.717, 1.165) is 37.4 Å². The Balaban J connectivity index is 1.50. The van der Waals surface area contributed by atoms with E-state index < -0.39 is 17.3 Å². The molecule has 0 atom stereocenters. The Bertz CT molecular complexity index is 901. The van der Waals surface area contributed by atoms with Crippen LogP contribution in [0.25, 0.3) is 11.4 Å². The van der Waals surface area contributed by atoms with Crippen molar-refractivity contribution in [1.82, 2.24) is 23.8 Å². The van der Waals surface area contributed by atoms with E-state index in [9.17, 15) is 18.3 Å². The van der Waals surface area contributed by atoms with Crippen molar-refractivity contribution >= 4 is 17.9 Å². The van der Waals surface area contributed by atoms with Crippen molar-refractivity contribution in [3.8, 4) is 11.4 Å². The highest BCUT2D eigenvalue weighted by Gasteiger charge is 2.36. The van der Waals surface area contributed by atoms with Crippen molar-refractivity contribution in [2.24, 2.45) is 0 Å². The molecular formula is C20H27F3N6OS. The number of hydrogen-bond acceptors (Lipinski definition) is 7. The maximum Gasteiger partial charge on any atom is 0.420 e. The van der Waals surface area contributed by atoms with Gasteiger partial charge in [-0.3, -0.25) is 4.31 Å². The molecule has 2 aliphatic rings. The third-order valence-corrected chi connectivity index (χ3v) is 6.58. The molecular weight excluding hydrogens is 429 g/mol. The van der Waals surface area contributed by atoms with Crippen LogP contribution in [0.2, 0.25) is 0 Å². The predicted molar refractivity (Wildman–Crippen MR) is 113 cm³/mol. The zero-order valence-corrected chi connectivity index (χ0v) is 18.4. The van der Waals surface area contributed by atoms with Crippen molar-refractivity contribution in [2.45, 2.75) is 69.1 Å². The van der Waals surface area contributed by atoms with Crippen molar-refractivity contribution in [1.29, 1.82) is 0 Å². The lowest BCUT2D eigenvalue weighted by Crippen LogP contribution is -2.36. The number of halogens is 3. The molecule has 0 bridgehead atoms. The third kappa shape index (κ3) is 6.11. The van der Waals surface area contributed by atoms with Gasteiger partial charge in [0.25, 0.3) is 0 Å². The molecule has 31 heavy (non-hydrogen) atoms. The molecule has 2 aromatic heterocycles. The number of aromatic nitrogens is 4. The van der Waals surface area contributed by atoms with Crippen LogP contribution in [0.4, 0.5) is 19.1 Å². The summed E-state index contributed by atoms with van der Waals surface area (Å²) in [5.41, 5.74) is -2.11. The smallest absolute Gasteiger partial charge is 0.389 e. The number of hydrogen-bond donors (Lipinski definition) is 2. The van der Waals surface area contributed by atoms with Gasteiger partial charge in [0.1, 0.15) is 17.0 Å². The minimum Gasteiger partial charge on any atom is -0.389 e. The molecule has 2 fully saturated rings. The van der Waals surface area contributed by atoms with E-state index in [1.807, 2.05) is 11.9 Å². The van der Waals surface area contributed by atoms with Crippen LogP contribution in [0.3, 0.4) is 0 Å². The molecule has 3 heterocycles. The van der Waals surface area contributed by atoms with Crippen molar-refractivity contribution < 1.29 is 18.3 Å². The number of piperidine rings is 1. The van der Waals surface area contributed by atoms with Gasteiger partial charge in [0.05, 0.1) is 18.5 Å². The van der Waals surface area contributed by atoms with Gasteiger partial charge < -0.3 is 15.0 Å². The Morgan fingerprint density at radius 1 is 1.16 bits per heavy atom. The molecule has 1 aliphatic carbocycles. The van der Waals surface area contributed by atoms with Crippen LogP contribution in [0.1, 0.15) is 45.1 Å². The molecule has 1 saturated heterocycles. The largest absolute Gasteiger partial charge is 0.420 e. The van der Waals surface area contributed by atoms with Crippen LogP contribution in [-0.4, -0.2) is 58.9 Å². The summed E-state index contributed by atoms with van der Waals surface area (Å²) in [5.74, 6) is 0.174. The Hall–Kier alpha value is -1.85. The van der Waals surface area contributed by atoms with Crippen molar-refractivity contribution in [2.75, 3.05) is 18.4 Å². The van der Waals surface area contributed by atoms with Gasteiger partial charge in [-0.25, -0.2) is 15.0 Å². The molecule has 0 aromatic carbocycles. The van der Waals surface area contributed by atoms with Crippen LogP contribution in [0, 0.1) is 0 Å². The average molecular weight is 457 g/mol. The summed E-state index contributed by atoms with van der Waals surface area (Å²) >= 11 is 1.93. The highest BCUT2D eigenvalue weighted by Crippen LogP contribution is 2.38. The number of imidazole rings is 1. The van der Waals surface area contributed by atoms with E-state index in [2.05, 4.69) is 24.6 Å². The fourth-order valence-corrected chi connectivity index (χ4v) is 4.73. The number of rotatable bonds is 7.